The van der Waals surface area contributed by atoms with Crippen LogP contribution in [0.3, 0.4) is 0 Å². The van der Waals surface area contributed by atoms with Gasteiger partial charge in [-0.2, -0.15) is 0 Å². The maximum atomic E-state index is 13.2. The van der Waals surface area contributed by atoms with Crippen LogP contribution in [-0.2, 0) is 4.74 Å². The van der Waals surface area contributed by atoms with E-state index in [0.29, 0.717) is 23.2 Å². The first kappa shape index (κ1) is 16.1. The van der Waals surface area contributed by atoms with Gasteiger partial charge in [0, 0.05) is 11.1 Å². The lowest BCUT2D eigenvalue weighted by Crippen LogP contribution is -2.42. The molecule has 1 atom stereocenters. The minimum Gasteiger partial charge on any atom is -0.380 e. The highest BCUT2D eigenvalue weighted by Crippen LogP contribution is 2.18. The summed E-state index contributed by atoms with van der Waals surface area (Å²) in [6.07, 6.45) is 0. The average Bonchev–Trinajstić information content (AvgIpc) is 2.36. The largest absolute Gasteiger partial charge is 0.380 e. The average molecular weight is 332 g/mol. The van der Waals surface area contributed by atoms with E-state index in [9.17, 15) is 9.18 Å². The molecule has 0 aliphatic carbocycles. The predicted octanol–water partition coefficient (Wildman–Crippen LogP) is 3.38. The maximum Gasteiger partial charge on any atom is 0.252 e. The molecule has 19 heavy (non-hydrogen) atoms. The summed E-state index contributed by atoms with van der Waals surface area (Å²) in [4.78, 5) is 12.1. The van der Waals surface area contributed by atoms with Crippen molar-refractivity contribution in [3.63, 3.8) is 0 Å². The van der Waals surface area contributed by atoms with E-state index < -0.39 is 5.82 Å². The molecule has 1 aromatic carbocycles. The lowest BCUT2D eigenvalue weighted by atomic mass is 10.0. The quantitative estimate of drug-likeness (QED) is 0.867. The summed E-state index contributed by atoms with van der Waals surface area (Å²) in [5.74, 6) is -0.494. The first-order chi connectivity index (χ1) is 8.95. The molecule has 1 aromatic rings. The minimum absolute atomic E-state index is 0.0948. The van der Waals surface area contributed by atoms with E-state index >= 15 is 0 Å². The highest BCUT2D eigenvalue weighted by molar-refractivity contribution is 9.10. The molecule has 0 heterocycles. The Hall–Kier alpha value is -0.940. The highest BCUT2D eigenvalue weighted by atomic mass is 79.9. The van der Waals surface area contributed by atoms with Crippen LogP contribution in [-0.4, -0.2) is 25.2 Å². The Labute approximate surface area is 121 Å². The van der Waals surface area contributed by atoms with E-state index in [0.717, 1.165) is 0 Å². The number of carbonyl (C=O) groups excluding carboxylic acids is 1. The second-order valence-corrected chi connectivity index (χ2v) is 5.46. The molecule has 3 nitrogen and oxygen atoms in total. The third kappa shape index (κ3) is 4.91. The SMILES string of the molecule is CCOCC(NC(=O)c1cc(F)ccc1Br)C(C)C. The molecule has 1 unspecified atom stereocenters. The topological polar surface area (TPSA) is 38.3 Å². The molecule has 106 valence electrons. The summed E-state index contributed by atoms with van der Waals surface area (Å²) in [6, 6.07) is 3.96. The lowest BCUT2D eigenvalue weighted by molar-refractivity contribution is 0.0805. The van der Waals surface area contributed by atoms with Crippen molar-refractivity contribution in [3.8, 4) is 0 Å². The third-order valence-electron chi connectivity index (χ3n) is 2.80. The zero-order valence-electron chi connectivity index (χ0n) is 11.4. The Morgan fingerprint density at radius 3 is 2.74 bits per heavy atom. The van der Waals surface area contributed by atoms with E-state index in [1.165, 1.54) is 18.2 Å². The molecular formula is C14H19BrFNO2. The van der Waals surface area contributed by atoms with Gasteiger partial charge in [0.15, 0.2) is 0 Å². The Bertz CT molecular complexity index is 437. The second kappa shape index (κ2) is 7.60. The lowest BCUT2D eigenvalue weighted by Gasteiger charge is -2.22. The minimum atomic E-state index is -0.431. The van der Waals surface area contributed by atoms with Gasteiger partial charge in [0.25, 0.3) is 5.91 Å². The molecule has 1 amide bonds. The Morgan fingerprint density at radius 2 is 2.16 bits per heavy atom. The van der Waals surface area contributed by atoms with Crippen molar-refractivity contribution in [3.05, 3.63) is 34.1 Å². The number of amides is 1. The van der Waals surface area contributed by atoms with Crippen molar-refractivity contribution in [1.29, 1.82) is 0 Å². The van der Waals surface area contributed by atoms with Crippen LogP contribution in [0.15, 0.2) is 22.7 Å². The van der Waals surface area contributed by atoms with Gasteiger partial charge in [0.2, 0.25) is 0 Å². The molecule has 0 saturated carbocycles. The number of hydrogen-bond donors (Lipinski definition) is 1. The fourth-order valence-electron chi connectivity index (χ4n) is 1.56. The van der Waals surface area contributed by atoms with Crippen molar-refractivity contribution >= 4 is 21.8 Å². The second-order valence-electron chi connectivity index (χ2n) is 4.61. The number of benzene rings is 1. The summed E-state index contributed by atoms with van der Waals surface area (Å²) in [5, 5.41) is 2.88. The molecule has 0 bridgehead atoms. The van der Waals surface area contributed by atoms with E-state index in [4.69, 9.17) is 4.74 Å². The molecule has 0 radical (unpaired) electrons. The third-order valence-corrected chi connectivity index (χ3v) is 3.49. The van der Waals surface area contributed by atoms with Gasteiger partial charge in [0.1, 0.15) is 5.82 Å². The van der Waals surface area contributed by atoms with Crippen LogP contribution < -0.4 is 5.32 Å². The molecule has 0 spiro atoms. The molecule has 5 heteroatoms. The Balaban J connectivity index is 2.78. The zero-order chi connectivity index (χ0) is 14.4. The first-order valence-electron chi connectivity index (χ1n) is 6.29. The number of halogens is 2. The fourth-order valence-corrected chi connectivity index (χ4v) is 1.99. The van der Waals surface area contributed by atoms with Gasteiger partial charge in [-0.1, -0.05) is 13.8 Å². The van der Waals surface area contributed by atoms with E-state index in [1.807, 2.05) is 20.8 Å². The summed E-state index contributed by atoms with van der Waals surface area (Å²) in [5.41, 5.74) is 0.294. The van der Waals surface area contributed by atoms with Crippen LogP contribution in [0.4, 0.5) is 4.39 Å². The van der Waals surface area contributed by atoms with Gasteiger partial charge in [0.05, 0.1) is 18.2 Å². The van der Waals surface area contributed by atoms with Gasteiger partial charge in [-0.3, -0.25) is 4.79 Å². The number of rotatable bonds is 6. The van der Waals surface area contributed by atoms with Crippen LogP contribution in [0.1, 0.15) is 31.1 Å². The molecule has 0 saturated heterocycles. The number of hydrogen-bond acceptors (Lipinski definition) is 2. The fraction of sp³-hybridized carbons (Fsp3) is 0.500. The van der Waals surface area contributed by atoms with Crippen molar-refractivity contribution < 1.29 is 13.9 Å². The smallest absolute Gasteiger partial charge is 0.252 e. The summed E-state index contributed by atoms with van der Waals surface area (Å²) in [7, 11) is 0. The summed E-state index contributed by atoms with van der Waals surface area (Å²) >= 11 is 3.25. The van der Waals surface area contributed by atoms with Crippen LogP contribution in [0.2, 0.25) is 0 Å². The number of carbonyl (C=O) groups is 1. The van der Waals surface area contributed by atoms with Gasteiger partial charge in [-0.25, -0.2) is 4.39 Å². The molecule has 1 rings (SSSR count). The number of nitrogens with one attached hydrogen (secondary N) is 1. The standard InChI is InChI=1S/C14H19BrFNO2/c1-4-19-8-13(9(2)3)17-14(18)11-7-10(16)5-6-12(11)15/h5-7,9,13H,4,8H2,1-3H3,(H,17,18). The molecular weight excluding hydrogens is 313 g/mol. The van der Waals surface area contributed by atoms with E-state index in [2.05, 4.69) is 21.2 Å². The summed E-state index contributed by atoms with van der Waals surface area (Å²) in [6.45, 7) is 6.97. The summed E-state index contributed by atoms with van der Waals surface area (Å²) < 4.78 is 19.1. The van der Waals surface area contributed by atoms with Crippen molar-refractivity contribution in [2.75, 3.05) is 13.2 Å². The van der Waals surface area contributed by atoms with Crippen LogP contribution in [0.5, 0.6) is 0 Å². The van der Waals surface area contributed by atoms with Crippen LogP contribution >= 0.6 is 15.9 Å². The first-order valence-corrected chi connectivity index (χ1v) is 7.08. The molecule has 1 N–H and O–H groups in total. The van der Waals surface area contributed by atoms with Crippen molar-refractivity contribution in [1.82, 2.24) is 5.32 Å². The normalized spacial score (nSPS) is 12.5. The molecule has 0 aromatic heterocycles. The van der Waals surface area contributed by atoms with Gasteiger partial charge in [-0.15, -0.1) is 0 Å². The maximum absolute atomic E-state index is 13.2. The molecule has 0 fully saturated rings. The van der Waals surface area contributed by atoms with Gasteiger partial charge >= 0.3 is 0 Å². The predicted molar refractivity (Wildman–Crippen MR) is 76.7 cm³/mol. The van der Waals surface area contributed by atoms with E-state index in [-0.39, 0.29) is 17.9 Å². The van der Waals surface area contributed by atoms with Crippen LogP contribution in [0, 0.1) is 11.7 Å². The number of ether oxygens (including phenoxy) is 1. The zero-order valence-corrected chi connectivity index (χ0v) is 13.0. The van der Waals surface area contributed by atoms with Gasteiger partial charge < -0.3 is 10.1 Å². The van der Waals surface area contributed by atoms with Crippen molar-refractivity contribution in [2.24, 2.45) is 5.92 Å². The van der Waals surface area contributed by atoms with Crippen molar-refractivity contribution in [2.45, 2.75) is 26.8 Å². The van der Waals surface area contributed by atoms with Crippen LogP contribution in [0.25, 0.3) is 0 Å². The highest BCUT2D eigenvalue weighted by Gasteiger charge is 2.19. The molecule has 0 aliphatic rings. The van der Waals surface area contributed by atoms with E-state index in [1.54, 1.807) is 0 Å². The Morgan fingerprint density at radius 1 is 1.47 bits per heavy atom. The monoisotopic (exact) mass is 331 g/mol. The van der Waals surface area contributed by atoms with Gasteiger partial charge in [-0.05, 0) is 47.0 Å². The molecule has 0 aliphatic heterocycles. The Kier molecular flexibility index (Phi) is 6.45.